The molecule has 1 heterocycles. The van der Waals surface area contributed by atoms with Gasteiger partial charge in [-0.15, -0.1) is 11.3 Å². The van der Waals surface area contributed by atoms with Crippen LogP contribution in [0.2, 0.25) is 0 Å². The van der Waals surface area contributed by atoms with Crippen LogP contribution in [0.25, 0.3) is 16.8 Å². The zero-order valence-electron chi connectivity index (χ0n) is 16.1. The van der Waals surface area contributed by atoms with Crippen LogP contribution in [0.5, 0.6) is 0 Å². The van der Waals surface area contributed by atoms with Crippen LogP contribution in [0.4, 0.5) is 11.4 Å². The van der Waals surface area contributed by atoms with E-state index in [-0.39, 0.29) is 5.69 Å². The van der Waals surface area contributed by atoms with Gasteiger partial charge in [-0.1, -0.05) is 38.1 Å². The van der Waals surface area contributed by atoms with Crippen molar-refractivity contribution in [3.05, 3.63) is 80.8 Å². The van der Waals surface area contributed by atoms with Crippen LogP contribution in [-0.2, 0) is 6.42 Å². The lowest BCUT2D eigenvalue weighted by Crippen LogP contribution is -1.93. The van der Waals surface area contributed by atoms with E-state index in [1.54, 1.807) is 18.3 Å². The van der Waals surface area contributed by atoms with Crippen molar-refractivity contribution in [2.45, 2.75) is 20.3 Å². The first-order chi connectivity index (χ1) is 14.0. The summed E-state index contributed by atoms with van der Waals surface area (Å²) in [7, 11) is 0. The first-order valence-electron chi connectivity index (χ1n) is 9.12. The predicted molar refractivity (Wildman–Crippen MR) is 116 cm³/mol. The summed E-state index contributed by atoms with van der Waals surface area (Å²) in [5.74, 6) is 0.610. The second-order valence-corrected chi connectivity index (χ2v) is 7.81. The minimum atomic E-state index is -0.452. The molecule has 3 aromatic rings. The van der Waals surface area contributed by atoms with Crippen molar-refractivity contribution in [3.8, 4) is 17.3 Å². The molecule has 29 heavy (non-hydrogen) atoms. The number of benzene rings is 2. The van der Waals surface area contributed by atoms with E-state index < -0.39 is 4.92 Å². The number of hydrogen-bond donors (Lipinski definition) is 1. The maximum atomic E-state index is 10.7. The SMILES string of the molecule is CC(C)Cc1ccc(-c2csc(/C(C#N)=C/Nc3ccc([N+](=O)[O-])cc3)n2)cc1. The monoisotopic (exact) mass is 404 g/mol. The lowest BCUT2D eigenvalue weighted by Gasteiger charge is -2.05. The largest absolute Gasteiger partial charge is 0.360 e. The van der Waals surface area contributed by atoms with Gasteiger partial charge in [-0.3, -0.25) is 10.1 Å². The number of aromatic nitrogens is 1. The van der Waals surface area contributed by atoms with Crippen LogP contribution in [0, 0.1) is 27.4 Å². The Labute approximate surface area is 173 Å². The number of nitro benzene ring substituents is 1. The number of thiazole rings is 1. The summed E-state index contributed by atoms with van der Waals surface area (Å²) in [6, 6.07) is 16.5. The first-order valence-corrected chi connectivity index (χ1v) is 10.0. The number of hydrogen-bond acceptors (Lipinski definition) is 6. The van der Waals surface area contributed by atoms with Crippen molar-refractivity contribution < 1.29 is 4.92 Å². The predicted octanol–water partition coefficient (Wildman–Crippen LogP) is 5.89. The fourth-order valence-electron chi connectivity index (χ4n) is 2.79. The zero-order valence-corrected chi connectivity index (χ0v) is 16.9. The van der Waals surface area contributed by atoms with Gasteiger partial charge in [0.05, 0.1) is 10.6 Å². The molecule has 1 N–H and O–H groups in total. The van der Waals surface area contributed by atoms with E-state index >= 15 is 0 Å². The molecule has 2 aromatic carbocycles. The van der Waals surface area contributed by atoms with Gasteiger partial charge in [0.15, 0.2) is 0 Å². The van der Waals surface area contributed by atoms with Gasteiger partial charge < -0.3 is 5.32 Å². The zero-order chi connectivity index (χ0) is 20.8. The molecule has 0 aliphatic heterocycles. The van der Waals surface area contributed by atoms with E-state index in [4.69, 9.17) is 0 Å². The van der Waals surface area contributed by atoms with Crippen LogP contribution in [-0.4, -0.2) is 9.91 Å². The van der Waals surface area contributed by atoms with Crippen LogP contribution in [0.3, 0.4) is 0 Å². The molecule has 7 heteroatoms. The van der Waals surface area contributed by atoms with Crippen molar-refractivity contribution >= 4 is 28.3 Å². The van der Waals surface area contributed by atoms with Crippen molar-refractivity contribution in [2.24, 2.45) is 5.92 Å². The minimum Gasteiger partial charge on any atom is -0.360 e. The smallest absolute Gasteiger partial charge is 0.269 e. The summed E-state index contributed by atoms with van der Waals surface area (Å²) < 4.78 is 0. The fourth-order valence-corrected chi connectivity index (χ4v) is 3.58. The highest BCUT2D eigenvalue weighted by Gasteiger charge is 2.10. The maximum Gasteiger partial charge on any atom is 0.269 e. The molecule has 0 fully saturated rings. The molecule has 1 aromatic heterocycles. The van der Waals surface area contributed by atoms with Crippen molar-refractivity contribution in [3.63, 3.8) is 0 Å². The average Bonchev–Trinajstić information content (AvgIpc) is 3.19. The highest BCUT2D eigenvalue weighted by atomic mass is 32.1. The van der Waals surface area contributed by atoms with Crippen molar-refractivity contribution in [1.82, 2.24) is 4.98 Å². The van der Waals surface area contributed by atoms with Gasteiger partial charge in [-0.25, -0.2) is 4.98 Å². The van der Waals surface area contributed by atoms with E-state index in [2.05, 4.69) is 54.5 Å². The molecule has 6 nitrogen and oxygen atoms in total. The molecule has 0 spiro atoms. The number of nitriles is 1. The van der Waals surface area contributed by atoms with Gasteiger partial charge in [-0.05, 0) is 30.0 Å². The summed E-state index contributed by atoms with van der Waals surface area (Å²) in [5, 5.41) is 25.8. The number of anilines is 1. The molecule has 0 bridgehead atoms. The minimum absolute atomic E-state index is 0.0176. The van der Waals surface area contributed by atoms with Crippen LogP contribution >= 0.6 is 11.3 Å². The molecule has 3 rings (SSSR count). The highest BCUT2D eigenvalue weighted by Crippen LogP contribution is 2.27. The van der Waals surface area contributed by atoms with Gasteiger partial charge in [0.25, 0.3) is 5.69 Å². The number of rotatable bonds is 7. The van der Waals surface area contributed by atoms with Gasteiger partial charge in [-0.2, -0.15) is 5.26 Å². The third-order valence-electron chi connectivity index (χ3n) is 4.21. The summed E-state index contributed by atoms with van der Waals surface area (Å²) in [6.07, 6.45) is 2.60. The van der Waals surface area contributed by atoms with Crippen LogP contribution in [0.15, 0.2) is 60.1 Å². The third-order valence-corrected chi connectivity index (χ3v) is 5.09. The molecular formula is C22H20N4O2S. The first kappa shape index (κ1) is 20.2. The number of non-ortho nitro benzene ring substituents is 1. The molecular weight excluding hydrogens is 384 g/mol. The van der Waals surface area contributed by atoms with Crippen molar-refractivity contribution in [1.29, 1.82) is 5.26 Å². The van der Waals surface area contributed by atoms with Crippen LogP contribution in [0.1, 0.15) is 24.4 Å². The standard InChI is InChI=1S/C22H20N4O2S/c1-15(2)11-16-3-5-17(6-4-16)21-14-29-22(25-21)18(12-23)13-24-19-7-9-20(10-8-19)26(27)28/h3-10,13-15,24H,11H2,1-2H3/b18-13+. The average molecular weight is 404 g/mol. The quantitative estimate of drug-likeness (QED) is 0.301. The molecule has 0 saturated heterocycles. The van der Waals surface area contributed by atoms with E-state index in [1.165, 1.54) is 29.0 Å². The molecule has 0 aliphatic rings. The molecule has 0 saturated carbocycles. The van der Waals surface area contributed by atoms with Crippen molar-refractivity contribution in [2.75, 3.05) is 5.32 Å². The molecule has 146 valence electrons. The summed E-state index contributed by atoms with van der Waals surface area (Å²) in [6.45, 7) is 4.39. The van der Waals surface area contributed by atoms with Gasteiger partial charge in [0, 0.05) is 35.0 Å². The fraction of sp³-hybridized carbons (Fsp3) is 0.182. The molecule has 0 radical (unpaired) electrons. The highest BCUT2D eigenvalue weighted by molar-refractivity contribution is 7.11. The topological polar surface area (TPSA) is 91.8 Å². The summed E-state index contributed by atoms with van der Waals surface area (Å²) in [5.41, 5.74) is 4.21. The van der Waals surface area contributed by atoms with E-state index in [1.807, 2.05) is 5.38 Å². The number of nitrogens with one attached hydrogen (secondary N) is 1. The normalized spacial score (nSPS) is 11.3. The van der Waals surface area contributed by atoms with Gasteiger partial charge >= 0.3 is 0 Å². The van der Waals surface area contributed by atoms with Gasteiger partial charge in [0.1, 0.15) is 16.6 Å². The third kappa shape index (κ3) is 5.27. The number of nitro groups is 1. The Morgan fingerprint density at radius 3 is 2.52 bits per heavy atom. The lowest BCUT2D eigenvalue weighted by molar-refractivity contribution is -0.384. The number of nitrogens with zero attached hydrogens (tertiary/aromatic N) is 3. The van der Waals surface area contributed by atoms with E-state index in [0.717, 1.165) is 17.7 Å². The molecule has 0 atom stereocenters. The summed E-state index contributed by atoms with van der Waals surface area (Å²) >= 11 is 1.40. The molecule has 0 unspecified atom stereocenters. The van der Waals surface area contributed by atoms with Crippen LogP contribution < -0.4 is 5.32 Å². The van der Waals surface area contributed by atoms with Gasteiger partial charge in [0.2, 0.25) is 0 Å². The summed E-state index contributed by atoms with van der Waals surface area (Å²) in [4.78, 5) is 14.9. The Hall–Kier alpha value is -3.50. The molecule has 0 aliphatic carbocycles. The van der Waals surface area contributed by atoms with E-state index in [0.29, 0.717) is 22.2 Å². The number of allylic oxidation sites excluding steroid dienone is 1. The van der Waals surface area contributed by atoms with E-state index in [9.17, 15) is 15.4 Å². The Morgan fingerprint density at radius 1 is 1.24 bits per heavy atom. The maximum absolute atomic E-state index is 10.7. The Kier molecular flexibility index (Phi) is 6.37. The second-order valence-electron chi connectivity index (χ2n) is 6.95. The molecule has 0 amide bonds. The Bertz CT molecular complexity index is 1060. The second kappa shape index (κ2) is 9.13. The Morgan fingerprint density at radius 2 is 1.93 bits per heavy atom. The lowest BCUT2D eigenvalue weighted by atomic mass is 10.0. The Balaban J connectivity index is 1.74.